The molecule has 1 aromatic heterocycles. The lowest BCUT2D eigenvalue weighted by Crippen LogP contribution is -2.35. The molecule has 31 heavy (non-hydrogen) atoms. The Kier molecular flexibility index (Phi) is 3.84. The van der Waals surface area contributed by atoms with Crippen LogP contribution in [0.2, 0.25) is 0 Å². The fourth-order valence-corrected chi connectivity index (χ4v) is 5.28. The summed E-state index contributed by atoms with van der Waals surface area (Å²) < 4.78 is 42.1. The Balaban J connectivity index is 1.89. The molecule has 0 aliphatic heterocycles. The van der Waals surface area contributed by atoms with Gasteiger partial charge in [0.1, 0.15) is 11.3 Å². The molecular weight excluding hydrogens is 428 g/mol. The van der Waals surface area contributed by atoms with E-state index in [0.29, 0.717) is 12.0 Å². The molecule has 5 rings (SSSR count). The molecule has 0 amide bonds. The molecule has 1 heterocycles. The number of hydrogen-bond donors (Lipinski definition) is 3. The summed E-state index contributed by atoms with van der Waals surface area (Å²) in [7, 11) is -4.98. The molecule has 0 fully saturated rings. The van der Waals surface area contributed by atoms with Crippen LogP contribution in [0.4, 0.5) is 0 Å². The molecule has 10 heteroatoms. The lowest BCUT2D eigenvalue weighted by atomic mass is 9.63. The second-order valence-corrected chi connectivity index (χ2v) is 9.03. The molecule has 2 aromatic carbocycles. The highest BCUT2D eigenvalue weighted by molar-refractivity contribution is 7.81. The monoisotopic (exact) mass is 444 g/mol. The fourth-order valence-electron chi connectivity index (χ4n) is 4.91. The van der Waals surface area contributed by atoms with Gasteiger partial charge in [0, 0.05) is 33.4 Å². The summed E-state index contributed by atoms with van der Waals surface area (Å²) in [4.78, 5) is 24.7. The lowest BCUT2D eigenvalue weighted by Gasteiger charge is -2.39. The molecule has 3 N–H and O–H groups in total. The van der Waals surface area contributed by atoms with Gasteiger partial charge in [0.2, 0.25) is 5.78 Å². The Morgan fingerprint density at radius 2 is 1.97 bits per heavy atom. The smallest absolute Gasteiger partial charge is 0.446 e. The van der Waals surface area contributed by atoms with Gasteiger partial charge >= 0.3 is 16.4 Å². The van der Waals surface area contributed by atoms with Crippen molar-refractivity contribution in [1.29, 1.82) is 0 Å². The van der Waals surface area contributed by atoms with Crippen LogP contribution in [0.15, 0.2) is 28.9 Å². The number of carboxylic acids is 1. The van der Waals surface area contributed by atoms with E-state index in [-0.39, 0.29) is 22.1 Å². The van der Waals surface area contributed by atoms with Crippen molar-refractivity contribution in [1.82, 2.24) is 0 Å². The number of carbonyl (C=O) groups excluding carboxylic acids is 1. The zero-order valence-corrected chi connectivity index (χ0v) is 16.9. The average molecular weight is 444 g/mol. The van der Waals surface area contributed by atoms with Gasteiger partial charge in [-0.2, -0.15) is 8.42 Å². The SMILES string of the molecule is C[C@@]12CCCc3coc(c31)C(=O)c1cc3c(O)c(C(=O)O)cc(OS(=O)(=O)O)c3cc12. The molecule has 0 bridgehead atoms. The molecule has 1 atom stereocenters. The zero-order valence-electron chi connectivity index (χ0n) is 16.1. The Hall–Kier alpha value is -3.37. The number of furan rings is 1. The summed E-state index contributed by atoms with van der Waals surface area (Å²) in [5.74, 6) is -2.86. The highest BCUT2D eigenvalue weighted by Gasteiger charge is 2.46. The summed E-state index contributed by atoms with van der Waals surface area (Å²) in [6.07, 6.45) is 3.88. The maximum Gasteiger partial charge on any atom is 0.446 e. The number of phenols is 1. The standard InChI is InChI=1S/C21H16O9S/c1-21-4-2-3-9-8-29-19(16(9)21)18(23)12-5-11-10(6-14(12)21)15(30-31(26,27)28)7-13(17(11)22)20(24)25/h5-8,22H,2-4H2,1H3,(H,24,25)(H,26,27,28)/t21-/m0/s1. The molecule has 0 saturated heterocycles. The number of carbonyl (C=O) groups is 2. The number of carboxylic acid groups (broad SMARTS) is 1. The Labute approximate surface area is 175 Å². The van der Waals surface area contributed by atoms with E-state index in [0.717, 1.165) is 30.0 Å². The quantitative estimate of drug-likeness (QED) is 0.517. The first kappa shape index (κ1) is 19.6. The van der Waals surface area contributed by atoms with Gasteiger partial charge in [-0.25, -0.2) is 4.79 Å². The van der Waals surface area contributed by atoms with Gasteiger partial charge in [0.05, 0.1) is 6.26 Å². The van der Waals surface area contributed by atoms with Crippen molar-refractivity contribution < 1.29 is 41.4 Å². The van der Waals surface area contributed by atoms with Crippen LogP contribution in [-0.2, 0) is 22.2 Å². The van der Waals surface area contributed by atoms with Gasteiger partial charge in [-0.05, 0) is 42.5 Å². The number of aryl methyl sites for hydroxylation is 1. The third-order valence-corrected chi connectivity index (χ3v) is 6.61. The predicted octanol–water partition coefficient (Wildman–Crippen LogP) is 3.20. The maximum absolute atomic E-state index is 13.2. The number of fused-ring (bicyclic) bond motifs is 3. The Morgan fingerprint density at radius 1 is 1.23 bits per heavy atom. The summed E-state index contributed by atoms with van der Waals surface area (Å²) in [6, 6.07) is 3.65. The van der Waals surface area contributed by atoms with E-state index in [4.69, 9.17) is 4.42 Å². The van der Waals surface area contributed by atoms with Crippen molar-refractivity contribution in [2.24, 2.45) is 0 Å². The van der Waals surface area contributed by atoms with E-state index in [1.165, 1.54) is 12.1 Å². The minimum Gasteiger partial charge on any atom is -0.506 e. The van der Waals surface area contributed by atoms with Crippen LogP contribution in [0, 0.1) is 0 Å². The second-order valence-electron chi connectivity index (χ2n) is 8.01. The first-order valence-corrected chi connectivity index (χ1v) is 10.8. The van der Waals surface area contributed by atoms with Gasteiger partial charge in [-0.15, -0.1) is 0 Å². The minimum atomic E-state index is -4.98. The van der Waals surface area contributed by atoms with E-state index in [9.17, 15) is 32.8 Å². The number of ketones is 1. The first-order valence-electron chi connectivity index (χ1n) is 9.41. The fraction of sp³-hybridized carbons (Fsp3) is 0.238. The summed E-state index contributed by atoms with van der Waals surface area (Å²) in [5.41, 5.74) is 1.28. The van der Waals surface area contributed by atoms with Crippen LogP contribution in [0.3, 0.4) is 0 Å². The number of hydrogen-bond acceptors (Lipinski definition) is 7. The van der Waals surface area contributed by atoms with E-state index in [1.54, 1.807) is 6.26 Å². The Bertz CT molecular complexity index is 1430. The van der Waals surface area contributed by atoms with Gasteiger partial charge in [-0.1, -0.05) is 6.92 Å². The molecule has 0 spiro atoms. The molecule has 0 unspecified atom stereocenters. The van der Waals surface area contributed by atoms with Crippen molar-refractivity contribution in [3.63, 3.8) is 0 Å². The van der Waals surface area contributed by atoms with E-state index in [2.05, 4.69) is 4.18 Å². The maximum atomic E-state index is 13.2. The van der Waals surface area contributed by atoms with Crippen molar-refractivity contribution >= 4 is 32.9 Å². The first-order chi connectivity index (χ1) is 14.5. The molecule has 2 aliphatic carbocycles. The van der Waals surface area contributed by atoms with Crippen LogP contribution in [-0.4, -0.2) is 34.9 Å². The average Bonchev–Trinajstić information content (AvgIpc) is 3.12. The topological polar surface area (TPSA) is 151 Å². The molecule has 0 saturated carbocycles. The van der Waals surface area contributed by atoms with Crippen molar-refractivity contribution in [3.05, 3.63) is 58.0 Å². The third-order valence-electron chi connectivity index (χ3n) is 6.22. The van der Waals surface area contributed by atoms with Crippen LogP contribution < -0.4 is 4.18 Å². The van der Waals surface area contributed by atoms with Crippen molar-refractivity contribution in [2.75, 3.05) is 0 Å². The van der Waals surface area contributed by atoms with Crippen LogP contribution in [0.1, 0.15) is 62.9 Å². The molecule has 160 valence electrons. The molecule has 9 nitrogen and oxygen atoms in total. The van der Waals surface area contributed by atoms with Gasteiger partial charge in [0.25, 0.3) is 0 Å². The van der Waals surface area contributed by atoms with Gasteiger partial charge < -0.3 is 18.8 Å². The van der Waals surface area contributed by atoms with E-state index >= 15 is 0 Å². The number of benzene rings is 2. The Morgan fingerprint density at radius 3 is 2.65 bits per heavy atom. The van der Waals surface area contributed by atoms with E-state index in [1.807, 2.05) is 6.92 Å². The van der Waals surface area contributed by atoms with Crippen molar-refractivity contribution in [3.8, 4) is 11.5 Å². The largest absolute Gasteiger partial charge is 0.506 e. The predicted molar refractivity (Wildman–Crippen MR) is 106 cm³/mol. The number of aromatic hydroxyl groups is 1. The van der Waals surface area contributed by atoms with Crippen LogP contribution in [0.5, 0.6) is 11.5 Å². The second kappa shape index (κ2) is 6.08. The van der Waals surface area contributed by atoms with E-state index < -0.39 is 44.6 Å². The third kappa shape index (κ3) is 2.68. The number of aromatic carboxylic acids is 1. The highest BCUT2D eigenvalue weighted by Crippen LogP contribution is 2.51. The van der Waals surface area contributed by atoms with Gasteiger partial charge in [-0.3, -0.25) is 9.35 Å². The molecule has 2 aliphatic rings. The molecular formula is C21H16O9S. The van der Waals surface area contributed by atoms with Crippen molar-refractivity contribution in [2.45, 2.75) is 31.6 Å². The normalized spacial score (nSPS) is 19.7. The zero-order chi connectivity index (χ0) is 22.3. The molecule has 3 aromatic rings. The van der Waals surface area contributed by atoms with Crippen LogP contribution in [0.25, 0.3) is 10.8 Å². The van der Waals surface area contributed by atoms with Crippen LogP contribution >= 0.6 is 0 Å². The summed E-state index contributed by atoms with van der Waals surface area (Å²) in [6.45, 7) is 1.95. The lowest BCUT2D eigenvalue weighted by molar-refractivity contribution is 0.0693. The van der Waals surface area contributed by atoms with Gasteiger partial charge in [0.15, 0.2) is 11.5 Å². The molecule has 0 radical (unpaired) electrons. The summed E-state index contributed by atoms with van der Waals surface area (Å²) in [5, 5.41) is 19.9. The minimum absolute atomic E-state index is 0.0481. The number of rotatable bonds is 3. The highest BCUT2D eigenvalue weighted by atomic mass is 32.3. The summed E-state index contributed by atoms with van der Waals surface area (Å²) >= 11 is 0.